The van der Waals surface area contributed by atoms with Gasteiger partial charge in [-0.2, -0.15) is 0 Å². The number of nitrogens with zero attached hydrogens (tertiary/aromatic N) is 1. The number of esters is 1. The van der Waals surface area contributed by atoms with Gasteiger partial charge in [0.15, 0.2) is 11.9 Å². The molecular weight excluding hydrogens is 360 g/mol. The SMILES string of the molecule is CC[C@@H]1CCc2sc(C(=O)O[C@@H](C)c3nc4ccccc4c(=O)[nH]3)cc2C1. The molecule has 2 atom stereocenters. The number of fused-ring (bicyclic) bond motifs is 2. The van der Waals surface area contributed by atoms with Crippen LogP contribution in [0.4, 0.5) is 0 Å². The van der Waals surface area contributed by atoms with Crippen LogP contribution in [0.5, 0.6) is 0 Å². The molecule has 6 heteroatoms. The maximum Gasteiger partial charge on any atom is 0.349 e. The van der Waals surface area contributed by atoms with Crippen molar-refractivity contribution >= 4 is 28.2 Å². The summed E-state index contributed by atoms with van der Waals surface area (Å²) in [5.41, 5.74) is 1.65. The third kappa shape index (κ3) is 3.54. The third-order valence-electron chi connectivity index (χ3n) is 5.26. The topological polar surface area (TPSA) is 72.0 Å². The number of benzene rings is 1. The molecule has 2 aromatic heterocycles. The van der Waals surface area contributed by atoms with E-state index in [0.717, 1.165) is 12.8 Å². The number of rotatable bonds is 4. The van der Waals surface area contributed by atoms with E-state index >= 15 is 0 Å². The van der Waals surface area contributed by atoms with E-state index < -0.39 is 6.10 Å². The van der Waals surface area contributed by atoms with Gasteiger partial charge in [0, 0.05) is 4.88 Å². The lowest BCUT2D eigenvalue weighted by molar-refractivity contribution is 0.0326. The highest BCUT2D eigenvalue weighted by atomic mass is 32.1. The minimum absolute atomic E-state index is 0.226. The fraction of sp³-hybridized carbons (Fsp3) is 0.381. The summed E-state index contributed by atoms with van der Waals surface area (Å²) in [4.78, 5) is 33.9. The zero-order chi connectivity index (χ0) is 19.0. The van der Waals surface area contributed by atoms with Crippen molar-refractivity contribution in [2.45, 2.75) is 45.6 Å². The molecule has 0 saturated heterocycles. The first-order valence-corrected chi connectivity index (χ1v) is 10.2. The van der Waals surface area contributed by atoms with E-state index in [1.165, 1.54) is 34.6 Å². The minimum atomic E-state index is -0.627. The van der Waals surface area contributed by atoms with Gasteiger partial charge in [-0.05, 0) is 55.9 Å². The molecule has 1 aliphatic rings. The second-order valence-corrected chi connectivity index (χ2v) is 8.23. The molecule has 0 amide bonds. The minimum Gasteiger partial charge on any atom is -0.450 e. The maximum absolute atomic E-state index is 12.6. The molecule has 140 valence electrons. The van der Waals surface area contributed by atoms with Crippen molar-refractivity contribution in [2.75, 3.05) is 0 Å². The monoisotopic (exact) mass is 382 g/mol. The molecule has 0 bridgehead atoms. The first kappa shape index (κ1) is 17.9. The molecule has 1 aliphatic carbocycles. The molecule has 0 fully saturated rings. The van der Waals surface area contributed by atoms with Crippen molar-refractivity contribution in [3.8, 4) is 0 Å². The van der Waals surface area contributed by atoms with Gasteiger partial charge in [0.1, 0.15) is 4.88 Å². The van der Waals surface area contributed by atoms with Gasteiger partial charge >= 0.3 is 5.97 Å². The Labute approximate surface area is 161 Å². The van der Waals surface area contributed by atoms with Crippen LogP contribution in [0.2, 0.25) is 0 Å². The Hall–Kier alpha value is -2.47. The molecule has 4 rings (SSSR count). The summed E-state index contributed by atoms with van der Waals surface area (Å²) >= 11 is 1.53. The Morgan fingerprint density at radius 3 is 3.04 bits per heavy atom. The van der Waals surface area contributed by atoms with Gasteiger partial charge in [-0.15, -0.1) is 11.3 Å². The number of nitrogens with one attached hydrogen (secondary N) is 1. The standard InChI is InChI=1S/C21H22N2O3S/c1-3-13-8-9-17-14(10-13)11-18(27-17)21(25)26-12(2)19-22-16-7-5-4-6-15(16)20(24)23-19/h4-7,11-13H,3,8-10H2,1-2H3,(H,22,23,24)/t12-,13+/m0/s1. The van der Waals surface area contributed by atoms with E-state index in [2.05, 4.69) is 16.9 Å². The second kappa shape index (κ2) is 7.27. The molecule has 0 unspecified atom stereocenters. The summed E-state index contributed by atoms with van der Waals surface area (Å²) in [6.07, 6.45) is 3.83. The number of para-hydroxylation sites is 1. The lowest BCUT2D eigenvalue weighted by atomic mass is 9.87. The number of aromatic amines is 1. The first-order chi connectivity index (χ1) is 13.0. The number of ether oxygens (including phenoxy) is 1. The van der Waals surface area contributed by atoms with Gasteiger partial charge in [-0.25, -0.2) is 9.78 Å². The van der Waals surface area contributed by atoms with Crippen molar-refractivity contribution in [3.63, 3.8) is 0 Å². The van der Waals surface area contributed by atoms with Crippen molar-refractivity contribution in [2.24, 2.45) is 5.92 Å². The zero-order valence-electron chi connectivity index (χ0n) is 15.5. The highest BCUT2D eigenvalue weighted by Crippen LogP contribution is 2.34. The summed E-state index contributed by atoms with van der Waals surface area (Å²) in [5.74, 6) is 0.715. The molecule has 0 aliphatic heterocycles. The molecule has 1 N–H and O–H groups in total. The first-order valence-electron chi connectivity index (χ1n) is 9.36. The molecule has 5 nitrogen and oxygen atoms in total. The lowest BCUT2D eigenvalue weighted by Crippen LogP contribution is -2.17. The number of carbonyl (C=O) groups is 1. The Morgan fingerprint density at radius 2 is 2.22 bits per heavy atom. The summed E-state index contributed by atoms with van der Waals surface area (Å²) in [6.45, 7) is 3.95. The van der Waals surface area contributed by atoms with E-state index in [4.69, 9.17) is 4.74 Å². The summed E-state index contributed by atoms with van der Waals surface area (Å²) in [7, 11) is 0. The quantitative estimate of drug-likeness (QED) is 0.678. The summed E-state index contributed by atoms with van der Waals surface area (Å²) < 4.78 is 5.60. The highest BCUT2D eigenvalue weighted by molar-refractivity contribution is 7.14. The van der Waals surface area contributed by atoms with E-state index in [9.17, 15) is 9.59 Å². The summed E-state index contributed by atoms with van der Waals surface area (Å²) in [5, 5.41) is 0.524. The normalized spacial score (nSPS) is 17.5. The number of H-pyrrole nitrogens is 1. The van der Waals surface area contributed by atoms with E-state index in [0.29, 0.717) is 27.5 Å². The number of hydrogen-bond acceptors (Lipinski definition) is 5. The van der Waals surface area contributed by atoms with Crippen LogP contribution in [0.1, 0.15) is 58.7 Å². The Kier molecular flexibility index (Phi) is 4.83. The van der Waals surface area contributed by atoms with Gasteiger partial charge in [-0.3, -0.25) is 4.79 Å². The van der Waals surface area contributed by atoms with E-state index in [1.54, 1.807) is 25.1 Å². The molecule has 3 aromatic rings. The van der Waals surface area contributed by atoms with Crippen LogP contribution in [-0.2, 0) is 17.6 Å². The lowest BCUT2D eigenvalue weighted by Gasteiger charge is -2.19. The number of aromatic nitrogens is 2. The van der Waals surface area contributed by atoms with Crippen molar-refractivity contribution < 1.29 is 9.53 Å². The van der Waals surface area contributed by atoms with Crippen molar-refractivity contribution in [3.05, 3.63) is 61.8 Å². The molecule has 1 aromatic carbocycles. The largest absolute Gasteiger partial charge is 0.450 e. The maximum atomic E-state index is 12.6. The van der Waals surface area contributed by atoms with Crippen LogP contribution < -0.4 is 5.56 Å². The molecule has 2 heterocycles. The van der Waals surface area contributed by atoms with Gasteiger partial charge in [-0.1, -0.05) is 25.5 Å². The molecule has 0 saturated carbocycles. The fourth-order valence-corrected chi connectivity index (χ4v) is 4.71. The van der Waals surface area contributed by atoms with Crippen molar-refractivity contribution in [1.29, 1.82) is 0 Å². The average molecular weight is 382 g/mol. The summed E-state index contributed by atoms with van der Waals surface area (Å²) in [6, 6.07) is 9.11. The number of thiophene rings is 1. The van der Waals surface area contributed by atoms with Gasteiger partial charge < -0.3 is 9.72 Å². The number of carbonyl (C=O) groups excluding carboxylic acids is 1. The number of aryl methyl sites for hydroxylation is 1. The molecule has 0 radical (unpaired) electrons. The highest BCUT2D eigenvalue weighted by Gasteiger charge is 2.24. The molecular formula is C21H22N2O3S. The van der Waals surface area contributed by atoms with E-state index in [1.807, 2.05) is 12.1 Å². The zero-order valence-corrected chi connectivity index (χ0v) is 16.3. The van der Waals surface area contributed by atoms with Crippen LogP contribution in [0.25, 0.3) is 10.9 Å². The Balaban J connectivity index is 1.53. The van der Waals surface area contributed by atoms with Gasteiger partial charge in [0.2, 0.25) is 0 Å². The van der Waals surface area contributed by atoms with Crippen molar-refractivity contribution in [1.82, 2.24) is 9.97 Å². The fourth-order valence-electron chi connectivity index (χ4n) is 3.62. The van der Waals surface area contributed by atoms with Crippen LogP contribution in [-0.4, -0.2) is 15.9 Å². The molecule has 27 heavy (non-hydrogen) atoms. The van der Waals surface area contributed by atoms with Crippen LogP contribution in [0.15, 0.2) is 35.1 Å². The number of hydrogen-bond donors (Lipinski definition) is 1. The Morgan fingerprint density at radius 1 is 1.41 bits per heavy atom. The second-order valence-electron chi connectivity index (χ2n) is 7.09. The van der Waals surface area contributed by atoms with Crippen LogP contribution >= 0.6 is 11.3 Å². The van der Waals surface area contributed by atoms with Gasteiger partial charge in [0.05, 0.1) is 10.9 Å². The third-order valence-corrected chi connectivity index (χ3v) is 6.48. The average Bonchev–Trinajstić information content (AvgIpc) is 3.11. The predicted molar refractivity (Wildman–Crippen MR) is 106 cm³/mol. The van der Waals surface area contributed by atoms with Crippen LogP contribution in [0, 0.1) is 5.92 Å². The smallest absolute Gasteiger partial charge is 0.349 e. The Bertz CT molecular complexity index is 1050. The van der Waals surface area contributed by atoms with E-state index in [-0.39, 0.29) is 11.5 Å². The van der Waals surface area contributed by atoms with Crippen LogP contribution in [0.3, 0.4) is 0 Å². The molecule has 0 spiro atoms. The predicted octanol–water partition coefficient (Wildman–Crippen LogP) is 4.42. The van der Waals surface area contributed by atoms with Gasteiger partial charge in [0.25, 0.3) is 5.56 Å².